The molecule has 0 bridgehead atoms. The lowest BCUT2D eigenvalue weighted by atomic mass is 9.97. The lowest BCUT2D eigenvalue weighted by molar-refractivity contribution is -0.122. The van der Waals surface area contributed by atoms with Gasteiger partial charge in [-0.1, -0.05) is 25.7 Å². The minimum Gasteiger partial charge on any atom is -0.378 e. The minimum atomic E-state index is 0.254. The van der Waals surface area contributed by atoms with Crippen LogP contribution in [-0.4, -0.2) is 18.5 Å². The van der Waals surface area contributed by atoms with E-state index in [0.29, 0.717) is 18.1 Å². The van der Waals surface area contributed by atoms with Crippen LogP contribution >= 0.6 is 0 Å². The molecule has 2 aliphatic rings. The van der Waals surface area contributed by atoms with E-state index in [-0.39, 0.29) is 6.10 Å². The summed E-state index contributed by atoms with van der Waals surface area (Å²) in [4.78, 5) is 11.7. The van der Waals surface area contributed by atoms with Gasteiger partial charge in [0, 0.05) is 19.4 Å². The van der Waals surface area contributed by atoms with Crippen molar-refractivity contribution in [1.82, 2.24) is 0 Å². The molecule has 1 unspecified atom stereocenters. The van der Waals surface area contributed by atoms with Crippen LogP contribution in [0.15, 0.2) is 0 Å². The highest BCUT2D eigenvalue weighted by atomic mass is 16.5. The van der Waals surface area contributed by atoms with E-state index in [4.69, 9.17) is 4.74 Å². The van der Waals surface area contributed by atoms with Gasteiger partial charge in [0.1, 0.15) is 5.78 Å². The normalized spacial score (nSPS) is 28.4. The maximum absolute atomic E-state index is 11.7. The maximum atomic E-state index is 11.7. The van der Waals surface area contributed by atoms with E-state index < -0.39 is 0 Å². The molecule has 80 valence electrons. The van der Waals surface area contributed by atoms with Crippen molar-refractivity contribution in [3.63, 3.8) is 0 Å². The first-order chi connectivity index (χ1) is 6.84. The summed E-state index contributed by atoms with van der Waals surface area (Å²) in [5, 5.41) is 0. The van der Waals surface area contributed by atoms with Crippen LogP contribution in [0.25, 0.3) is 0 Å². The fraction of sp³-hybridized carbons (Fsp3) is 0.917. The summed E-state index contributed by atoms with van der Waals surface area (Å²) >= 11 is 0. The summed E-state index contributed by atoms with van der Waals surface area (Å²) in [6.45, 7) is 0.862. The Balaban J connectivity index is 1.66. The Hall–Kier alpha value is -0.370. The summed E-state index contributed by atoms with van der Waals surface area (Å²) in [6, 6.07) is 0. The summed E-state index contributed by atoms with van der Waals surface area (Å²) in [6.07, 6.45) is 9.20. The highest BCUT2D eigenvalue weighted by Crippen LogP contribution is 2.28. The second kappa shape index (κ2) is 4.92. The predicted octanol–water partition coefficient (Wildman–Crippen LogP) is 2.70. The molecule has 2 heteroatoms. The molecule has 0 N–H and O–H groups in total. The van der Waals surface area contributed by atoms with Gasteiger partial charge in [-0.05, 0) is 18.8 Å². The van der Waals surface area contributed by atoms with E-state index in [0.717, 1.165) is 25.9 Å². The number of carbonyl (C=O) groups excluding carboxylic acids is 1. The first-order valence-electron chi connectivity index (χ1n) is 5.98. The lowest BCUT2D eigenvalue weighted by Gasteiger charge is -2.11. The van der Waals surface area contributed by atoms with Crippen molar-refractivity contribution >= 4 is 5.78 Å². The average Bonchev–Trinajstić information content (AvgIpc) is 2.76. The second-order valence-electron chi connectivity index (χ2n) is 4.73. The zero-order valence-corrected chi connectivity index (χ0v) is 8.84. The molecule has 1 atom stereocenters. The fourth-order valence-corrected chi connectivity index (χ4v) is 2.68. The Kier molecular flexibility index (Phi) is 3.57. The highest BCUT2D eigenvalue weighted by Gasteiger charge is 2.22. The second-order valence-corrected chi connectivity index (χ2v) is 4.73. The van der Waals surface area contributed by atoms with E-state index in [9.17, 15) is 4.79 Å². The number of ether oxygens (including phenoxy) is 1. The van der Waals surface area contributed by atoms with Gasteiger partial charge >= 0.3 is 0 Å². The molecule has 1 aliphatic carbocycles. The third kappa shape index (κ3) is 2.81. The first kappa shape index (κ1) is 10.2. The summed E-state index contributed by atoms with van der Waals surface area (Å²) in [5.74, 6) is 1.13. The minimum absolute atomic E-state index is 0.254. The van der Waals surface area contributed by atoms with Crippen LogP contribution in [-0.2, 0) is 9.53 Å². The smallest absolute Gasteiger partial charge is 0.135 e. The zero-order valence-electron chi connectivity index (χ0n) is 8.84. The summed E-state index contributed by atoms with van der Waals surface area (Å²) < 4.78 is 5.47. The molecule has 0 aromatic rings. The Morgan fingerprint density at radius 3 is 2.50 bits per heavy atom. The highest BCUT2D eigenvalue weighted by molar-refractivity contribution is 5.79. The van der Waals surface area contributed by atoms with Crippen molar-refractivity contribution in [3.05, 3.63) is 0 Å². The predicted molar refractivity (Wildman–Crippen MR) is 55.2 cm³/mol. The van der Waals surface area contributed by atoms with Crippen LogP contribution in [0.5, 0.6) is 0 Å². The van der Waals surface area contributed by atoms with Crippen molar-refractivity contribution in [2.45, 2.75) is 57.5 Å². The molecule has 0 amide bonds. The van der Waals surface area contributed by atoms with E-state index in [1.165, 1.54) is 25.7 Å². The van der Waals surface area contributed by atoms with Crippen LogP contribution in [0.2, 0.25) is 0 Å². The van der Waals surface area contributed by atoms with Gasteiger partial charge in [0.25, 0.3) is 0 Å². The standard InChI is InChI=1S/C12H20O2/c13-11(8-10-4-1-2-5-10)9-12-6-3-7-14-12/h10,12H,1-9H2. The number of carbonyl (C=O) groups is 1. The molecule has 1 saturated heterocycles. The monoisotopic (exact) mass is 196 g/mol. The lowest BCUT2D eigenvalue weighted by Crippen LogP contribution is -2.14. The van der Waals surface area contributed by atoms with Crippen molar-refractivity contribution in [2.75, 3.05) is 6.61 Å². The molecule has 0 radical (unpaired) electrons. The molecule has 0 aromatic carbocycles. The fourth-order valence-electron chi connectivity index (χ4n) is 2.68. The molecule has 1 aliphatic heterocycles. The van der Waals surface area contributed by atoms with Crippen LogP contribution in [0.3, 0.4) is 0 Å². The molecular formula is C12H20O2. The molecule has 1 heterocycles. The van der Waals surface area contributed by atoms with Crippen LogP contribution in [0, 0.1) is 5.92 Å². The van der Waals surface area contributed by atoms with E-state index in [1.807, 2.05) is 0 Å². The van der Waals surface area contributed by atoms with Gasteiger partial charge in [-0.25, -0.2) is 0 Å². The van der Waals surface area contributed by atoms with Crippen LogP contribution < -0.4 is 0 Å². The Morgan fingerprint density at radius 1 is 1.07 bits per heavy atom. The SMILES string of the molecule is O=C(CC1CCCC1)CC1CCCO1. The summed E-state index contributed by atoms with van der Waals surface area (Å²) in [5.41, 5.74) is 0. The van der Waals surface area contributed by atoms with Gasteiger partial charge < -0.3 is 4.74 Å². The van der Waals surface area contributed by atoms with Gasteiger partial charge in [0.15, 0.2) is 0 Å². The number of Topliss-reactive ketones (excluding diaryl/α,β-unsaturated/α-hetero) is 1. The Labute approximate surface area is 86.0 Å². The van der Waals surface area contributed by atoms with Crippen LogP contribution in [0.1, 0.15) is 51.4 Å². The van der Waals surface area contributed by atoms with Crippen LogP contribution in [0.4, 0.5) is 0 Å². The quantitative estimate of drug-likeness (QED) is 0.691. The third-order valence-corrected chi connectivity index (χ3v) is 3.47. The first-order valence-corrected chi connectivity index (χ1v) is 5.98. The van der Waals surface area contributed by atoms with Crippen molar-refractivity contribution in [3.8, 4) is 0 Å². The summed E-state index contributed by atoms with van der Waals surface area (Å²) in [7, 11) is 0. The van der Waals surface area contributed by atoms with E-state index >= 15 is 0 Å². The molecule has 2 nitrogen and oxygen atoms in total. The topological polar surface area (TPSA) is 26.3 Å². The molecule has 0 aromatic heterocycles. The number of hydrogen-bond donors (Lipinski definition) is 0. The number of hydrogen-bond acceptors (Lipinski definition) is 2. The maximum Gasteiger partial charge on any atom is 0.135 e. The Bertz CT molecular complexity index is 168. The Morgan fingerprint density at radius 2 is 1.86 bits per heavy atom. The zero-order chi connectivity index (χ0) is 9.80. The van der Waals surface area contributed by atoms with Gasteiger partial charge in [0.2, 0.25) is 0 Å². The van der Waals surface area contributed by atoms with E-state index in [1.54, 1.807) is 0 Å². The molecule has 2 rings (SSSR count). The van der Waals surface area contributed by atoms with Gasteiger partial charge in [0.05, 0.1) is 6.10 Å². The largest absolute Gasteiger partial charge is 0.378 e. The molecular weight excluding hydrogens is 176 g/mol. The molecule has 14 heavy (non-hydrogen) atoms. The van der Waals surface area contributed by atoms with Gasteiger partial charge in [-0.15, -0.1) is 0 Å². The number of rotatable bonds is 4. The average molecular weight is 196 g/mol. The molecule has 0 spiro atoms. The number of ketones is 1. The van der Waals surface area contributed by atoms with Crippen molar-refractivity contribution < 1.29 is 9.53 Å². The van der Waals surface area contributed by atoms with Crippen molar-refractivity contribution in [1.29, 1.82) is 0 Å². The van der Waals surface area contributed by atoms with Gasteiger partial charge in [-0.3, -0.25) is 4.79 Å². The van der Waals surface area contributed by atoms with Gasteiger partial charge in [-0.2, -0.15) is 0 Å². The van der Waals surface area contributed by atoms with Crippen molar-refractivity contribution in [2.24, 2.45) is 5.92 Å². The van der Waals surface area contributed by atoms with E-state index in [2.05, 4.69) is 0 Å². The molecule has 2 fully saturated rings. The molecule has 1 saturated carbocycles. The third-order valence-electron chi connectivity index (χ3n) is 3.47.